The molecule has 5 nitrogen and oxygen atoms in total. The van der Waals surface area contributed by atoms with E-state index < -0.39 is 33.3 Å². The number of benzene rings is 2. The maximum absolute atomic E-state index is 13.6. The van der Waals surface area contributed by atoms with Crippen LogP contribution in [0.2, 0.25) is 0 Å². The van der Waals surface area contributed by atoms with E-state index in [9.17, 15) is 22.0 Å². The van der Waals surface area contributed by atoms with Gasteiger partial charge in [0.05, 0.1) is 12.0 Å². The predicted octanol–water partition coefficient (Wildman–Crippen LogP) is 2.95. The molecule has 0 spiro atoms. The van der Waals surface area contributed by atoms with Crippen LogP contribution in [0.1, 0.15) is 5.56 Å². The average Bonchev–Trinajstić information content (AvgIpc) is 2.56. The summed E-state index contributed by atoms with van der Waals surface area (Å²) in [6.45, 7) is 0. The standard InChI is InChI=1S/C16H13F2NO4S/c1-23-15(20)9-8-11-4-2-5-12(10-11)24(21,22)19-16-13(17)6-3-7-14(16)18/h2-10,19H,1H3/b9-8+. The van der Waals surface area contributed by atoms with Gasteiger partial charge in [0.25, 0.3) is 10.0 Å². The van der Waals surface area contributed by atoms with Gasteiger partial charge in [-0.15, -0.1) is 0 Å². The normalized spacial score (nSPS) is 11.5. The summed E-state index contributed by atoms with van der Waals surface area (Å²) < 4.78 is 58.1. The lowest BCUT2D eigenvalue weighted by molar-refractivity contribution is -0.134. The number of ether oxygens (including phenoxy) is 1. The van der Waals surface area contributed by atoms with E-state index in [0.717, 1.165) is 24.3 Å². The summed E-state index contributed by atoms with van der Waals surface area (Å²) in [5.74, 6) is -2.66. The molecule has 0 bridgehead atoms. The van der Waals surface area contributed by atoms with Crippen molar-refractivity contribution in [2.75, 3.05) is 11.8 Å². The molecule has 0 aliphatic rings. The SMILES string of the molecule is COC(=O)/C=C/c1cccc(S(=O)(=O)Nc2c(F)cccc2F)c1. The van der Waals surface area contributed by atoms with E-state index in [4.69, 9.17) is 0 Å². The number of carbonyl (C=O) groups is 1. The summed E-state index contributed by atoms with van der Waals surface area (Å²) in [7, 11) is -3.00. The van der Waals surface area contributed by atoms with E-state index in [2.05, 4.69) is 4.74 Å². The molecule has 24 heavy (non-hydrogen) atoms. The van der Waals surface area contributed by atoms with Crippen LogP contribution in [0.25, 0.3) is 6.08 Å². The largest absolute Gasteiger partial charge is 0.466 e. The molecule has 0 atom stereocenters. The molecule has 0 unspecified atom stereocenters. The van der Waals surface area contributed by atoms with Gasteiger partial charge in [-0.3, -0.25) is 4.72 Å². The molecule has 8 heteroatoms. The second-order valence-electron chi connectivity index (χ2n) is 4.63. The molecular weight excluding hydrogens is 340 g/mol. The van der Waals surface area contributed by atoms with Crippen molar-refractivity contribution in [2.45, 2.75) is 4.90 Å². The fourth-order valence-electron chi connectivity index (χ4n) is 1.81. The van der Waals surface area contributed by atoms with E-state index in [1.165, 1.54) is 31.4 Å². The van der Waals surface area contributed by atoms with Crippen LogP contribution < -0.4 is 4.72 Å². The first-order valence-electron chi connectivity index (χ1n) is 6.66. The number of esters is 1. The second kappa shape index (κ2) is 7.22. The van der Waals surface area contributed by atoms with Crippen molar-refractivity contribution in [2.24, 2.45) is 0 Å². The first kappa shape index (κ1) is 17.6. The van der Waals surface area contributed by atoms with Gasteiger partial charge < -0.3 is 4.74 Å². The third-order valence-electron chi connectivity index (χ3n) is 2.98. The van der Waals surface area contributed by atoms with Gasteiger partial charge in [-0.25, -0.2) is 22.0 Å². The van der Waals surface area contributed by atoms with Crippen molar-refractivity contribution in [1.82, 2.24) is 0 Å². The van der Waals surface area contributed by atoms with Crippen LogP contribution in [0.4, 0.5) is 14.5 Å². The van der Waals surface area contributed by atoms with Gasteiger partial charge >= 0.3 is 5.97 Å². The number of hydrogen-bond donors (Lipinski definition) is 1. The third kappa shape index (κ3) is 4.17. The van der Waals surface area contributed by atoms with E-state index in [1.54, 1.807) is 6.07 Å². The highest BCUT2D eigenvalue weighted by molar-refractivity contribution is 7.92. The Kier molecular flexibility index (Phi) is 5.30. The second-order valence-corrected chi connectivity index (χ2v) is 6.31. The molecule has 0 heterocycles. The highest BCUT2D eigenvalue weighted by atomic mass is 32.2. The van der Waals surface area contributed by atoms with Crippen molar-refractivity contribution >= 4 is 27.8 Å². The average molecular weight is 353 g/mol. The van der Waals surface area contributed by atoms with E-state index in [1.807, 2.05) is 4.72 Å². The lowest BCUT2D eigenvalue weighted by atomic mass is 10.2. The maximum atomic E-state index is 13.6. The van der Waals surface area contributed by atoms with E-state index in [0.29, 0.717) is 5.56 Å². The van der Waals surface area contributed by atoms with Gasteiger partial charge in [-0.1, -0.05) is 18.2 Å². The maximum Gasteiger partial charge on any atom is 0.330 e. The number of anilines is 1. The lowest BCUT2D eigenvalue weighted by Gasteiger charge is -2.10. The van der Waals surface area contributed by atoms with Crippen molar-refractivity contribution in [3.8, 4) is 0 Å². The van der Waals surface area contributed by atoms with Gasteiger partial charge in [0, 0.05) is 6.08 Å². The Hall–Kier alpha value is -2.74. The predicted molar refractivity (Wildman–Crippen MR) is 84.7 cm³/mol. The minimum Gasteiger partial charge on any atom is -0.466 e. The van der Waals surface area contributed by atoms with Gasteiger partial charge in [-0.2, -0.15) is 0 Å². The Morgan fingerprint density at radius 1 is 1.12 bits per heavy atom. The Morgan fingerprint density at radius 2 is 1.75 bits per heavy atom. The summed E-state index contributed by atoms with van der Waals surface area (Å²) in [5.41, 5.74) is -0.356. The van der Waals surface area contributed by atoms with Crippen LogP contribution in [-0.2, 0) is 19.6 Å². The molecule has 0 saturated heterocycles. The Morgan fingerprint density at radius 3 is 2.38 bits per heavy atom. The highest BCUT2D eigenvalue weighted by Gasteiger charge is 2.19. The molecule has 2 aromatic rings. The van der Waals surface area contributed by atoms with Crippen molar-refractivity contribution < 1.29 is 26.7 Å². The molecule has 2 aromatic carbocycles. The highest BCUT2D eigenvalue weighted by Crippen LogP contribution is 2.23. The summed E-state index contributed by atoms with van der Waals surface area (Å²) >= 11 is 0. The Bertz CT molecular complexity index is 874. The number of rotatable bonds is 5. The number of nitrogens with one attached hydrogen (secondary N) is 1. The van der Waals surface area contributed by atoms with Crippen molar-refractivity contribution in [3.05, 3.63) is 65.7 Å². The first-order chi connectivity index (χ1) is 11.3. The number of halogens is 2. The number of para-hydroxylation sites is 1. The van der Waals surface area contributed by atoms with Gasteiger partial charge in [0.1, 0.15) is 17.3 Å². The molecule has 0 aromatic heterocycles. The Labute approximate surface area is 137 Å². The summed E-state index contributed by atoms with van der Waals surface area (Å²) in [6, 6.07) is 8.51. The van der Waals surface area contributed by atoms with Crippen molar-refractivity contribution in [1.29, 1.82) is 0 Å². The van der Waals surface area contributed by atoms with Crippen LogP contribution >= 0.6 is 0 Å². The first-order valence-corrected chi connectivity index (χ1v) is 8.15. The third-order valence-corrected chi connectivity index (χ3v) is 4.33. The van der Waals surface area contributed by atoms with E-state index in [-0.39, 0.29) is 4.90 Å². The van der Waals surface area contributed by atoms with Crippen molar-refractivity contribution in [3.63, 3.8) is 0 Å². The smallest absolute Gasteiger partial charge is 0.330 e. The summed E-state index contributed by atoms with van der Waals surface area (Å²) in [4.78, 5) is 10.8. The van der Waals surface area contributed by atoms with Gasteiger partial charge in [0.15, 0.2) is 0 Å². The van der Waals surface area contributed by atoms with Gasteiger partial charge in [-0.05, 0) is 35.9 Å². The van der Waals surface area contributed by atoms with Crippen LogP contribution in [0.3, 0.4) is 0 Å². The molecule has 0 fully saturated rings. The zero-order valence-electron chi connectivity index (χ0n) is 12.5. The molecule has 0 saturated carbocycles. The van der Waals surface area contributed by atoms with Gasteiger partial charge in [0.2, 0.25) is 0 Å². The minimum atomic E-state index is -4.21. The van der Waals surface area contributed by atoms with Crippen LogP contribution in [0.15, 0.2) is 53.4 Å². The zero-order valence-corrected chi connectivity index (χ0v) is 13.3. The minimum absolute atomic E-state index is 0.211. The lowest BCUT2D eigenvalue weighted by Crippen LogP contribution is -2.15. The summed E-state index contributed by atoms with van der Waals surface area (Å²) in [6.07, 6.45) is 2.48. The molecule has 1 N–H and O–H groups in total. The zero-order chi connectivity index (χ0) is 17.7. The topological polar surface area (TPSA) is 72.5 Å². The fraction of sp³-hybridized carbons (Fsp3) is 0.0625. The number of hydrogen-bond acceptors (Lipinski definition) is 4. The number of sulfonamides is 1. The number of methoxy groups -OCH3 is 1. The monoisotopic (exact) mass is 353 g/mol. The van der Waals surface area contributed by atoms with Crippen LogP contribution in [0.5, 0.6) is 0 Å². The fourth-order valence-corrected chi connectivity index (χ4v) is 2.94. The molecule has 126 valence electrons. The summed E-state index contributed by atoms with van der Waals surface area (Å²) in [5, 5.41) is 0. The van der Waals surface area contributed by atoms with E-state index >= 15 is 0 Å². The van der Waals surface area contributed by atoms with Crippen LogP contribution in [0, 0.1) is 11.6 Å². The quantitative estimate of drug-likeness (QED) is 0.663. The van der Waals surface area contributed by atoms with Crippen LogP contribution in [-0.4, -0.2) is 21.5 Å². The molecular formula is C16H13F2NO4S. The Balaban J connectivity index is 2.33. The molecule has 0 aliphatic carbocycles. The molecule has 0 radical (unpaired) electrons. The number of carbonyl (C=O) groups excluding carboxylic acids is 1. The molecule has 0 amide bonds. The molecule has 2 rings (SSSR count). The molecule has 0 aliphatic heterocycles.